The van der Waals surface area contributed by atoms with Gasteiger partial charge in [0.2, 0.25) is 5.91 Å². The van der Waals surface area contributed by atoms with Crippen molar-refractivity contribution in [2.75, 3.05) is 10.8 Å². The Morgan fingerprint density at radius 3 is 2.31 bits per heavy atom. The van der Waals surface area contributed by atoms with Gasteiger partial charge in [0.15, 0.2) is 5.78 Å². The van der Waals surface area contributed by atoms with E-state index in [1.807, 2.05) is 6.07 Å². The summed E-state index contributed by atoms with van der Waals surface area (Å²) in [7, 11) is 0. The molecule has 0 radical (unpaired) electrons. The maximum atomic E-state index is 12.6. The van der Waals surface area contributed by atoms with Crippen LogP contribution in [-0.4, -0.2) is 22.8 Å². The molecule has 1 heterocycles. The Balaban J connectivity index is 1.57. The molecule has 0 aliphatic carbocycles. The molecule has 1 atom stereocenters. The molecule has 1 unspecified atom stereocenters. The highest BCUT2D eigenvalue weighted by atomic mass is 16.7. The van der Waals surface area contributed by atoms with Crippen molar-refractivity contribution in [3.05, 3.63) is 77.7 Å². The van der Waals surface area contributed by atoms with Crippen molar-refractivity contribution >= 4 is 29.0 Å². The van der Waals surface area contributed by atoms with Crippen LogP contribution in [0.2, 0.25) is 0 Å². The molecule has 8 nitrogen and oxygen atoms in total. The van der Waals surface area contributed by atoms with Gasteiger partial charge < -0.3 is 14.7 Å². The van der Waals surface area contributed by atoms with Crippen LogP contribution in [0.15, 0.2) is 65.3 Å². The highest BCUT2D eigenvalue weighted by Gasteiger charge is 2.23. The number of ketones is 1. The van der Waals surface area contributed by atoms with Gasteiger partial charge in [0.25, 0.3) is 0 Å². The number of benzene rings is 2. The lowest BCUT2D eigenvalue weighted by Crippen LogP contribution is -2.27. The van der Waals surface area contributed by atoms with E-state index in [2.05, 4.69) is 16.0 Å². The number of hydrogen-bond acceptors (Lipinski definition) is 7. The van der Waals surface area contributed by atoms with Gasteiger partial charge in [0.05, 0.1) is 17.8 Å². The van der Waals surface area contributed by atoms with Crippen LogP contribution < -0.4 is 10.8 Å². The number of carbonyl (C=O) groups is 3. The van der Waals surface area contributed by atoms with Gasteiger partial charge in [0, 0.05) is 11.3 Å². The predicted molar refractivity (Wildman–Crippen MR) is 105 cm³/mol. The summed E-state index contributed by atoms with van der Waals surface area (Å²) in [6.07, 6.45) is 1.27. The SMILES string of the molecule is Cc1oncc1C(=O)ONc1ccc(C(=O)C(C)C(=O)Nc2ccccc2)cc1. The minimum absolute atomic E-state index is 0.211. The van der Waals surface area contributed by atoms with Gasteiger partial charge >= 0.3 is 5.97 Å². The molecular weight excluding hydrogens is 374 g/mol. The minimum Gasteiger partial charge on any atom is -0.361 e. The third-order valence-corrected chi connectivity index (χ3v) is 4.23. The summed E-state index contributed by atoms with van der Waals surface area (Å²) in [6, 6.07) is 15.2. The zero-order valence-corrected chi connectivity index (χ0v) is 15.8. The Hall–Kier alpha value is -3.94. The summed E-state index contributed by atoms with van der Waals surface area (Å²) >= 11 is 0. The molecule has 0 saturated carbocycles. The molecule has 148 valence electrons. The van der Waals surface area contributed by atoms with E-state index in [-0.39, 0.29) is 17.3 Å². The molecule has 1 amide bonds. The number of nitrogens with one attached hydrogen (secondary N) is 2. The lowest BCUT2D eigenvalue weighted by atomic mass is 9.98. The number of para-hydroxylation sites is 1. The maximum Gasteiger partial charge on any atom is 0.368 e. The molecule has 3 rings (SSSR count). The third-order valence-electron chi connectivity index (χ3n) is 4.23. The number of anilines is 2. The van der Waals surface area contributed by atoms with E-state index in [0.717, 1.165) is 0 Å². The second-order valence-corrected chi connectivity index (χ2v) is 6.31. The Labute approximate surface area is 166 Å². The first-order valence-electron chi connectivity index (χ1n) is 8.84. The summed E-state index contributed by atoms with van der Waals surface area (Å²) in [4.78, 5) is 41.7. The van der Waals surface area contributed by atoms with Crippen LogP contribution in [0, 0.1) is 12.8 Å². The van der Waals surface area contributed by atoms with Crippen molar-refractivity contribution < 1.29 is 23.7 Å². The highest BCUT2D eigenvalue weighted by Crippen LogP contribution is 2.16. The van der Waals surface area contributed by atoms with E-state index in [0.29, 0.717) is 22.7 Å². The number of aromatic nitrogens is 1. The number of nitrogens with zero attached hydrogens (tertiary/aromatic N) is 1. The summed E-state index contributed by atoms with van der Waals surface area (Å²) < 4.78 is 4.81. The van der Waals surface area contributed by atoms with Gasteiger partial charge in [-0.1, -0.05) is 23.4 Å². The molecule has 0 spiro atoms. The summed E-state index contributed by atoms with van der Waals surface area (Å²) in [5, 5.41) is 6.22. The van der Waals surface area contributed by atoms with Crippen molar-refractivity contribution in [2.24, 2.45) is 5.92 Å². The standard InChI is InChI=1S/C21H19N3O5/c1-13(20(26)23-16-6-4-3-5-7-16)19(25)15-8-10-17(11-9-15)24-29-21(27)18-12-22-28-14(18)2/h3-13,24H,1-2H3,(H,23,26). The largest absolute Gasteiger partial charge is 0.368 e. The first-order chi connectivity index (χ1) is 14.0. The lowest BCUT2D eigenvalue weighted by molar-refractivity contribution is -0.118. The van der Waals surface area contributed by atoms with Crippen LogP contribution in [-0.2, 0) is 9.63 Å². The van der Waals surface area contributed by atoms with Crippen LogP contribution in [0.5, 0.6) is 0 Å². The number of hydrogen-bond donors (Lipinski definition) is 2. The van der Waals surface area contributed by atoms with E-state index < -0.39 is 11.9 Å². The maximum absolute atomic E-state index is 12.6. The molecule has 8 heteroatoms. The highest BCUT2D eigenvalue weighted by molar-refractivity contribution is 6.13. The first-order valence-corrected chi connectivity index (χ1v) is 8.84. The smallest absolute Gasteiger partial charge is 0.361 e. The van der Waals surface area contributed by atoms with Crippen molar-refractivity contribution in [3.8, 4) is 0 Å². The third kappa shape index (κ3) is 4.86. The van der Waals surface area contributed by atoms with Gasteiger partial charge in [-0.3, -0.25) is 9.59 Å². The predicted octanol–water partition coefficient (Wildman–Crippen LogP) is 3.62. The van der Waals surface area contributed by atoms with Gasteiger partial charge in [-0.05, 0) is 50.2 Å². The van der Waals surface area contributed by atoms with E-state index in [1.54, 1.807) is 62.4 Å². The summed E-state index contributed by atoms with van der Waals surface area (Å²) in [5.74, 6) is -1.86. The van der Waals surface area contributed by atoms with Gasteiger partial charge in [-0.25, -0.2) is 10.3 Å². The average molecular weight is 393 g/mol. The molecular formula is C21H19N3O5. The Morgan fingerprint density at radius 2 is 1.69 bits per heavy atom. The topological polar surface area (TPSA) is 111 Å². The fourth-order valence-corrected chi connectivity index (χ4v) is 2.50. The van der Waals surface area contributed by atoms with Crippen LogP contribution in [0.4, 0.5) is 11.4 Å². The van der Waals surface area contributed by atoms with Gasteiger partial charge in [-0.2, -0.15) is 0 Å². The second kappa shape index (κ2) is 8.83. The van der Waals surface area contributed by atoms with Crippen LogP contribution in [0.1, 0.15) is 33.4 Å². The van der Waals surface area contributed by atoms with Crippen LogP contribution >= 0.6 is 0 Å². The molecule has 2 N–H and O–H groups in total. The molecule has 0 bridgehead atoms. The summed E-state index contributed by atoms with van der Waals surface area (Å²) in [6.45, 7) is 3.15. The number of rotatable bonds is 7. The van der Waals surface area contributed by atoms with E-state index in [1.165, 1.54) is 6.20 Å². The number of carbonyl (C=O) groups excluding carboxylic acids is 3. The molecule has 0 fully saturated rings. The molecule has 2 aromatic carbocycles. The van der Waals surface area contributed by atoms with Crippen molar-refractivity contribution in [1.82, 2.24) is 5.16 Å². The van der Waals surface area contributed by atoms with Crippen LogP contribution in [0.3, 0.4) is 0 Å². The van der Waals surface area contributed by atoms with Crippen molar-refractivity contribution in [3.63, 3.8) is 0 Å². The Kier molecular flexibility index (Phi) is 6.03. The minimum atomic E-state index is -0.858. The fourth-order valence-electron chi connectivity index (χ4n) is 2.50. The van der Waals surface area contributed by atoms with E-state index in [9.17, 15) is 14.4 Å². The zero-order valence-electron chi connectivity index (χ0n) is 15.8. The monoisotopic (exact) mass is 393 g/mol. The van der Waals surface area contributed by atoms with Crippen LogP contribution in [0.25, 0.3) is 0 Å². The Morgan fingerprint density at radius 1 is 1.00 bits per heavy atom. The van der Waals surface area contributed by atoms with Gasteiger partial charge in [-0.15, -0.1) is 0 Å². The fraction of sp³-hybridized carbons (Fsp3) is 0.143. The molecule has 0 aliphatic rings. The number of amides is 1. The van der Waals surface area contributed by atoms with Gasteiger partial charge in [0.1, 0.15) is 11.3 Å². The van der Waals surface area contributed by atoms with E-state index in [4.69, 9.17) is 9.36 Å². The quantitative estimate of drug-likeness (QED) is 0.358. The molecule has 0 saturated heterocycles. The Bertz CT molecular complexity index is 1010. The second-order valence-electron chi connectivity index (χ2n) is 6.31. The summed E-state index contributed by atoms with van der Waals surface area (Å²) in [5.41, 5.74) is 4.17. The molecule has 29 heavy (non-hydrogen) atoms. The van der Waals surface area contributed by atoms with E-state index >= 15 is 0 Å². The van der Waals surface area contributed by atoms with Crippen molar-refractivity contribution in [2.45, 2.75) is 13.8 Å². The average Bonchev–Trinajstić information content (AvgIpc) is 3.18. The number of Topliss-reactive ketones (excluding diaryl/α,β-unsaturated/α-hetero) is 1. The molecule has 0 aliphatic heterocycles. The number of aryl methyl sites for hydroxylation is 1. The first kappa shape index (κ1) is 19.8. The zero-order chi connectivity index (χ0) is 20.8. The van der Waals surface area contributed by atoms with Crippen molar-refractivity contribution in [1.29, 1.82) is 0 Å². The lowest BCUT2D eigenvalue weighted by Gasteiger charge is -2.12. The normalized spacial score (nSPS) is 11.4. The molecule has 1 aromatic heterocycles. The molecule has 3 aromatic rings.